The third-order valence-corrected chi connectivity index (χ3v) is 3.62. The van der Waals surface area contributed by atoms with Gasteiger partial charge in [0.05, 0.1) is 11.1 Å². The summed E-state index contributed by atoms with van der Waals surface area (Å²) in [5.74, 6) is -0.0665. The van der Waals surface area contributed by atoms with E-state index in [2.05, 4.69) is 16.4 Å². The fourth-order valence-corrected chi connectivity index (χ4v) is 2.60. The molecule has 0 radical (unpaired) electrons. The van der Waals surface area contributed by atoms with E-state index in [0.717, 1.165) is 22.2 Å². The average molecular weight is 290 g/mol. The lowest BCUT2D eigenvalue weighted by atomic mass is 10.1. The van der Waals surface area contributed by atoms with Gasteiger partial charge in [0, 0.05) is 17.6 Å². The number of pyridine rings is 1. The van der Waals surface area contributed by atoms with Crippen LogP contribution < -0.4 is 5.32 Å². The van der Waals surface area contributed by atoms with Gasteiger partial charge in [0.25, 0.3) is 5.91 Å². The Kier molecular flexibility index (Phi) is 3.88. The number of nitrogens with one attached hydrogen (secondary N) is 1. The highest BCUT2D eigenvalue weighted by Gasteiger charge is 2.11. The molecule has 0 unspecified atom stereocenters. The van der Waals surface area contributed by atoms with Gasteiger partial charge in [0.15, 0.2) is 0 Å². The van der Waals surface area contributed by atoms with Crippen molar-refractivity contribution in [2.45, 2.75) is 20.4 Å². The van der Waals surface area contributed by atoms with Gasteiger partial charge in [-0.05, 0) is 31.5 Å². The number of aromatic nitrogens is 1. The molecule has 1 heterocycles. The van der Waals surface area contributed by atoms with Crippen molar-refractivity contribution in [2.24, 2.45) is 0 Å². The van der Waals surface area contributed by atoms with Crippen molar-refractivity contribution in [1.29, 1.82) is 0 Å². The minimum Gasteiger partial charge on any atom is -0.348 e. The lowest BCUT2D eigenvalue weighted by molar-refractivity contribution is 0.0952. The van der Waals surface area contributed by atoms with E-state index >= 15 is 0 Å². The van der Waals surface area contributed by atoms with E-state index in [4.69, 9.17) is 0 Å². The van der Waals surface area contributed by atoms with Crippen molar-refractivity contribution in [3.05, 3.63) is 77.0 Å². The number of fused-ring (bicyclic) bond motifs is 1. The molecule has 1 amide bonds. The summed E-state index contributed by atoms with van der Waals surface area (Å²) in [6, 6.07) is 17.7. The summed E-state index contributed by atoms with van der Waals surface area (Å²) in [5, 5.41) is 3.88. The van der Waals surface area contributed by atoms with E-state index in [-0.39, 0.29) is 5.91 Å². The Bertz CT molecular complexity index is 840. The highest BCUT2D eigenvalue weighted by Crippen LogP contribution is 2.18. The monoisotopic (exact) mass is 290 g/mol. The highest BCUT2D eigenvalue weighted by atomic mass is 16.1. The Morgan fingerprint density at radius 1 is 1.05 bits per heavy atom. The quantitative estimate of drug-likeness (QED) is 0.797. The third-order valence-electron chi connectivity index (χ3n) is 3.62. The summed E-state index contributed by atoms with van der Waals surface area (Å²) in [4.78, 5) is 17.0. The van der Waals surface area contributed by atoms with Gasteiger partial charge in [-0.3, -0.25) is 9.78 Å². The van der Waals surface area contributed by atoms with Crippen LogP contribution >= 0.6 is 0 Å². The molecule has 110 valence electrons. The maximum atomic E-state index is 12.5. The van der Waals surface area contributed by atoms with Gasteiger partial charge >= 0.3 is 0 Å². The van der Waals surface area contributed by atoms with Crippen molar-refractivity contribution in [3.8, 4) is 0 Å². The topological polar surface area (TPSA) is 42.0 Å². The molecule has 2 aromatic carbocycles. The lowest BCUT2D eigenvalue weighted by Gasteiger charge is -2.09. The van der Waals surface area contributed by atoms with Crippen molar-refractivity contribution >= 4 is 16.8 Å². The zero-order chi connectivity index (χ0) is 15.5. The van der Waals surface area contributed by atoms with Crippen LogP contribution in [0.4, 0.5) is 0 Å². The van der Waals surface area contributed by atoms with Crippen LogP contribution in [0.3, 0.4) is 0 Å². The summed E-state index contributed by atoms with van der Waals surface area (Å²) in [6.45, 7) is 4.48. The molecule has 0 atom stereocenters. The highest BCUT2D eigenvalue weighted by molar-refractivity contribution is 6.06. The molecule has 0 aliphatic heterocycles. The predicted molar refractivity (Wildman–Crippen MR) is 88.8 cm³/mol. The molecule has 0 aliphatic carbocycles. The smallest absolute Gasteiger partial charge is 0.252 e. The van der Waals surface area contributed by atoms with Crippen molar-refractivity contribution in [1.82, 2.24) is 10.3 Å². The van der Waals surface area contributed by atoms with Gasteiger partial charge in [-0.15, -0.1) is 0 Å². The average Bonchev–Trinajstić information content (AvgIpc) is 2.52. The number of amides is 1. The number of hydrogen-bond acceptors (Lipinski definition) is 2. The van der Waals surface area contributed by atoms with Crippen LogP contribution in [0, 0.1) is 13.8 Å². The molecule has 0 bridgehead atoms. The zero-order valence-corrected chi connectivity index (χ0v) is 12.8. The van der Waals surface area contributed by atoms with Gasteiger partial charge in [0.1, 0.15) is 0 Å². The molecule has 3 rings (SSSR count). The number of nitrogens with zero attached hydrogens (tertiary/aromatic N) is 1. The first-order valence-corrected chi connectivity index (χ1v) is 7.33. The van der Waals surface area contributed by atoms with Gasteiger partial charge in [-0.1, -0.05) is 48.0 Å². The second-order valence-electron chi connectivity index (χ2n) is 5.50. The van der Waals surface area contributed by atoms with Crippen LogP contribution in [0.15, 0.2) is 54.6 Å². The molecule has 3 aromatic rings. The van der Waals surface area contributed by atoms with E-state index < -0.39 is 0 Å². The summed E-state index contributed by atoms with van der Waals surface area (Å²) < 4.78 is 0. The van der Waals surface area contributed by atoms with Crippen molar-refractivity contribution in [3.63, 3.8) is 0 Å². The van der Waals surface area contributed by atoms with Crippen LogP contribution in [0.2, 0.25) is 0 Å². The van der Waals surface area contributed by atoms with Gasteiger partial charge in [0.2, 0.25) is 0 Å². The molecule has 1 aromatic heterocycles. The predicted octanol–water partition coefficient (Wildman–Crippen LogP) is 3.78. The SMILES string of the molecule is Cc1cccc(CNC(=O)c2cc(C)nc3ccccc23)c1. The van der Waals surface area contributed by atoms with Crippen LogP contribution in [0.5, 0.6) is 0 Å². The Hall–Kier alpha value is -2.68. The van der Waals surface area contributed by atoms with Crippen LogP contribution in [0.25, 0.3) is 10.9 Å². The number of rotatable bonds is 3. The van der Waals surface area contributed by atoms with Gasteiger partial charge in [-0.2, -0.15) is 0 Å². The number of hydrogen-bond donors (Lipinski definition) is 1. The fraction of sp³-hybridized carbons (Fsp3) is 0.158. The summed E-state index contributed by atoms with van der Waals surface area (Å²) in [6.07, 6.45) is 0. The summed E-state index contributed by atoms with van der Waals surface area (Å²) in [5.41, 5.74) is 4.67. The Labute approximate surface area is 130 Å². The molecule has 3 nitrogen and oxygen atoms in total. The first kappa shape index (κ1) is 14.3. The first-order chi connectivity index (χ1) is 10.6. The zero-order valence-electron chi connectivity index (χ0n) is 12.8. The van der Waals surface area contributed by atoms with E-state index in [9.17, 15) is 4.79 Å². The van der Waals surface area contributed by atoms with Crippen LogP contribution in [0.1, 0.15) is 27.2 Å². The molecule has 1 N–H and O–H groups in total. The number of aryl methyl sites for hydroxylation is 2. The molecular formula is C19H18N2O. The molecule has 0 saturated carbocycles. The maximum absolute atomic E-state index is 12.5. The molecule has 3 heteroatoms. The molecule has 0 aliphatic rings. The minimum atomic E-state index is -0.0665. The Balaban J connectivity index is 1.86. The largest absolute Gasteiger partial charge is 0.348 e. The van der Waals surface area contributed by atoms with Gasteiger partial charge < -0.3 is 5.32 Å². The second kappa shape index (κ2) is 5.98. The van der Waals surface area contributed by atoms with Crippen molar-refractivity contribution in [2.75, 3.05) is 0 Å². The van der Waals surface area contributed by atoms with E-state index in [1.807, 2.05) is 62.4 Å². The summed E-state index contributed by atoms with van der Waals surface area (Å²) >= 11 is 0. The molecule has 0 spiro atoms. The van der Waals surface area contributed by atoms with E-state index in [1.165, 1.54) is 5.56 Å². The van der Waals surface area contributed by atoms with Crippen LogP contribution in [-0.4, -0.2) is 10.9 Å². The number of benzene rings is 2. The van der Waals surface area contributed by atoms with Crippen molar-refractivity contribution < 1.29 is 4.79 Å². The lowest BCUT2D eigenvalue weighted by Crippen LogP contribution is -2.23. The minimum absolute atomic E-state index is 0.0665. The Morgan fingerprint density at radius 2 is 1.86 bits per heavy atom. The second-order valence-corrected chi connectivity index (χ2v) is 5.50. The summed E-state index contributed by atoms with van der Waals surface area (Å²) in [7, 11) is 0. The normalized spacial score (nSPS) is 10.6. The Morgan fingerprint density at radius 3 is 2.68 bits per heavy atom. The number of carbonyl (C=O) groups is 1. The molecule has 22 heavy (non-hydrogen) atoms. The third kappa shape index (κ3) is 2.98. The standard InChI is InChI=1S/C19H18N2O/c1-13-6-5-7-15(10-13)12-20-19(22)17-11-14(2)21-18-9-4-3-8-16(17)18/h3-11H,12H2,1-2H3,(H,20,22). The molecule has 0 fully saturated rings. The fourth-order valence-electron chi connectivity index (χ4n) is 2.60. The van der Waals surface area contributed by atoms with E-state index in [1.54, 1.807) is 0 Å². The number of carbonyl (C=O) groups excluding carboxylic acids is 1. The van der Waals surface area contributed by atoms with E-state index in [0.29, 0.717) is 12.1 Å². The molecule has 0 saturated heterocycles. The maximum Gasteiger partial charge on any atom is 0.252 e. The first-order valence-electron chi connectivity index (χ1n) is 7.33. The van der Waals surface area contributed by atoms with Gasteiger partial charge in [-0.25, -0.2) is 0 Å². The molecular weight excluding hydrogens is 272 g/mol. The van der Waals surface area contributed by atoms with Crippen LogP contribution in [-0.2, 0) is 6.54 Å². The number of para-hydroxylation sites is 1.